The lowest BCUT2D eigenvalue weighted by Crippen LogP contribution is -2.43. The second-order valence-electron chi connectivity index (χ2n) is 4.13. The fraction of sp³-hybridized carbons (Fsp3) is 0.636. The van der Waals surface area contributed by atoms with Gasteiger partial charge in [-0.2, -0.15) is 0 Å². The van der Waals surface area contributed by atoms with Crippen LogP contribution >= 0.6 is 38.9 Å². The molecule has 0 spiro atoms. The topological polar surface area (TPSA) is 3.24 Å². The molecule has 0 bridgehead atoms. The summed E-state index contributed by atoms with van der Waals surface area (Å²) in [7, 11) is 0. The number of hydrogen-bond donors (Lipinski definition) is 0. The monoisotopic (exact) mass is 307 g/mol. The first kappa shape index (κ1) is 11.9. The van der Waals surface area contributed by atoms with Crippen LogP contribution in [0.4, 0.5) is 0 Å². The lowest BCUT2D eigenvalue weighted by atomic mass is 10.0. The molecule has 84 valence electrons. The first-order valence-electron chi connectivity index (χ1n) is 5.28. The SMILES string of the molecule is CC1C(Br)CCCN1Cc1csc(Cl)c1. The second kappa shape index (κ2) is 5.17. The van der Waals surface area contributed by atoms with Crippen molar-refractivity contribution in [2.75, 3.05) is 6.54 Å². The van der Waals surface area contributed by atoms with E-state index < -0.39 is 0 Å². The van der Waals surface area contributed by atoms with Crippen molar-refractivity contribution >= 4 is 38.9 Å². The maximum Gasteiger partial charge on any atom is 0.0931 e. The van der Waals surface area contributed by atoms with Crippen molar-refractivity contribution in [3.8, 4) is 0 Å². The van der Waals surface area contributed by atoms with Crippen molar-refractivity contribution in [3.05, 3.63) is 21.3 Å². The molecule has 2 unspecified atom stereocenters. The highest BCUT2D eigenvalue weighted by atomic mass is 79.9. The van der Waals surface area contributed by atoms with Crippen LogP contribution in [0, 0.1) is 0 Å². The van der Waals surface area contributed by atoms with Crippen molar-refractivity contribution in [2.24, 2.45) is 0 Å². The smallest absolute Gasteiger partial charge is 0.0931 e. The van der Waals surface area contributed by atoms with E-state index in [-0.39, 0.29) is 0 Å². The van der Waals surface area contributed by atoms with Crippen molar-refractivity contribution in [1.82, 2.24) is 4.90 Å². The van der Waals surface area contributed by atoms with E-state index in [1.165, 1.54) is 24.9 Å². The Morgan fingerprint density at radius 3 is 3.13 bits per heavy atom. The van der Waals surface area contributed by atoms with Gasteiger partial charge in [-0.15, -0.1) is 11.3 Å². The summed E-state index contributed by atoms with van der Waals surface area (Å²) in [6.45, 7) is 4.54. The predicted molar refractivity (Wildman–Crippen MR) is 71.2 cm³/mol. The first-order chi connectivity index (χ1) is 7.16. The van der Waals surface area contributed by atoms with Crippen LogP contribution < -0.4 is 0 Å². The van der Waals surface area contributed by atoms with Gasteiger partial charge in [0.25, 0.3) is 0 Å². The maximum absolute atomic E-state index is 5.93. The van der Waals surface area contributed by atoms with Gasteiger partial charge in [0.1, 0.15) is 0 Å². The van der Waals surface area contributed by atoms with Gasteiger partial charge in [0, 0.05) is 17.4 Å². The molecule has 0 amide bonds. The molecule has 2 atom stereocenters. The minimum Gasteiger partial charge on any atom is -0.295 e. The zero-order valence-corrected chi connectivity index (χ0v) is 11.9. The summed E-state index contributed by atoms with van der Waals surface area (Å²) in [4.78, 5) is 3.17. The van der Waals surface area contributed by atoms with E-state index in [2.05, 4.69) is 39.2 Å². The van der Waals surface area contributed by atoms with Gasteiger partial charge < -0.3 is 0 Å². The van der Waals surface area contributed by atoms with Gasteiger partial charge in [0.2, 0.25) is 0 Å². The molecule has 1 aromatic rings. The summed E-state index contributed by atoms with van der Waals surface area (Å²) in [5, 5.41) is 2.16. The van der Waals surface area contributed by atoms with Crippen molar-refractivity contribution in [2.45, 2.75) is 37.2 Å². The molecule has 1 saturated heterocycles. The highest BCUT2D eigenvalue weighted by Gasteiger charge is 2.25. The molecular formula is C11H15BrClNS. The largest absolute Gasteiger partial charge is 0.295 e. The third kappa shape index (κ3) is 2.96. The normalized spacial score (nSPS) is 28.2. The second-order valence-corrected chi connectivity index (χ2v) is 6.85. The molecule has 2 heterocycles. The average molecular weight is 309 g/mol. The summed E-state index contributed by atoms with van der Waals surface area (Å²) >= 11 is 11.3. The molecule has 15 heavy (non-hydrogen) atoms. The summed E-state index contributed by atoms with van der Waals surface area (Å²) in [6.07, 6.45) is 2.58. The number of hydrogen-bond acceptors (Lipinski definition) is 2. The molecule has 0 aliphatic carbocycles. The summed E-state index contributed by atoms with van der Waals surface area (Å²) in [5.41, 5.74) is 1.35. The summed E-state index contributed by atoms with van der Waals surface area (Å²) < 4.78 is 0.894. The van der Waals surface area contributed by atoms with Gasteiger partial charge >= 0.3 is 0 Å². The van der Waals surface area contributed by atoms with Gasteiger partial charge in [-0.25, -0.2) is 0 Å². The molecule has 1 fully saturated rings. The Kier molecular flexibility index (Phi) is 4.10. The molecule has 0 N–H and O–H groups in total. The quantitative estimate of drug-likeness (QED) is 0.742. The Hall–Kier alpha value is 0.430. The molecule has 1 aromatic heterocycles. The Bertz CT molecular complexity index is 328. The minimum atomic E-state index is 0.623. The number of halogens is 2. The van der Waals surface area contributed by atoms with Crippen LogP contribution in [0.3, 0.4) is 0 Å². The number of alkyl halides is 1. The number of nitrogens with zero attached hydrogens (tertiary/aromatic N) is 1. The molecule has 1 nitrogen and oxygen atoms in total. The number of piperidine rings is 1. The summed E-state index contributed by atoms with van der Waals surface area (Å²) in [6, 6.07) is 2.70. The number of thiophene rings is 1. The van der Waals surface area contributed by atoms with Gasteiger partial charge in [-0.1, -0.05) is 27.5 Å². The predicted octanol–water partition coefficient (Wildman–Crippen LogP) is 4.15. The van der Waals surface area contributed by atoms with Gasteiger partial charge in [-0.05, 0) is 43.3 Å². The van der Waals surface area contributed by atoms with Crippen LogP contribution in [0.15, 0.2) is 11.4 Å². The van der Waals surface area contributed by atoms with E-state index >= 15 is 0 Å². The Labute approximate surface area is 109 Å². The average Bonchev–Trinajstić information content (AvgIpc) is 2.59. The maximum atomic E-state index is 5.93. The molecule has 2 rings (SSSR count). The van der Waals surface area contributed by atoms with Crippen LogP contribution in [0.1, 0.15) is 25.3 Å². The van der Waals surface area contributed by atoms with Crippen LogP contribution in [0.5, 0.6) is 0 Å². The zero-order chi connectivity index (χ0) is 10.8. The van der Waals surface area contributed by atoms with Crippen molar-refractivity contribution < 1.29 is 0 Å². The fourth-order valence-corrected chi connectivity index (χ4v) is 3.61. The molecular weight excluding hydrogens is 294 g/mol. The number of likely N-dealkylation sites (tertiary alicyclic amines) is 1. The lowest BCUT2D eigenvalue weighted by molar-refractivity contribution is 0.160. The molecule has 1 aliphatic rings. The third-order valence-corrected chi connectivity index (χ3v) is 5.39. The number of rotatable bonds is 2. The molecule has 4 heteroatoms. The van der Waals surface area contributed by atoms with E-state index in [0.29, 0.717) is 10.9 Å². The zero-order valence-electron chi connectivity index (χ0n) is 8.75. The molecule has 0 aromatic carbocycles. The Morgan fingerprint density at radius 1 is 1.67 bits per heavy atom. The van der Waals surface area contributed by atoms with E-state index in [4.69, 9.17) is 11.6 Å². The van der Waals surface area contributed by atoms with E-state index in [1.807, 2.05) is 0 Å². The third-order valence-electron chi connectivity index (χ3n) is 3.03. The standard InChI is InChI=1S/C11H15BrClNS/c1-8-10(12)3-2-4-14(8)6-9-5-11(13)15-7-9/h5,7-8,10H,2-4,6H2,1H3. The van der Waals surface area contributed by atoms with E-state index in [9.17, 15) is 0 Å². The van der Waals surface area contributed by atoms with Crippen LogP contribution in [0.2, 0.25) is 4.34 Å². The van der Waals surface area contributed by atoms with E-state index in [1.54, 1.807) is 11.3 Å². The molecule has 0 saturated carbocycles. The summed E-state index contributed by atoms with van der Waals surface area (Å²) in [5.74, 6) is 0. The van der Waals surface area contributed by atoms with Gasteiger partial charge in [0.15, 0.2) is 0 Å². The first-order valence-corrected chi connectivity index (χ1v) is 7.45. The highest BCUT2D eigenvalue weighted by molar-refractivity contribution is 9.09. The highest BCUT2D eigenvalue weighted by Crippen LogP contribution is 2.27. The van der Waals surface area contributed by atoms with E-state index in [0.717, 1.165) is 10.9 Å². The minimum absolute atomic E-state index is 0.623. The molecule has 1 aliphatic heterocycles. The Morgan fingerprint density at radius 2 is 2.47 bits per heavy atom. The molecule has 0 radical (unpaired) electrons. The van der Waals surface area contributed by atoms with Gasteiger partial charge in [-0.3, -0.25) is 4.90 Å². The lowest BCUT2D eigenvalue weighted by Gasteiger charge is -2.36. The van der Waals surface area contributed by atoms with Crippen LogP contribution in [0.25, 0.3) is 0 Å². The van der Waals surface area contributed by atoms with Crippen LogP contribution in [-0.2, 0) is 6.54 Å². The Balaban J connectivity index is 1.99. The van der Waals surface area contributed by atoms with Gasteiger partial charge in [0.05, 0.1) is 4.34 Å². The van der Waals surface area contributed by atoms with Crippen molar-refractivity contribution in [3.63, 3.8) is 0 Å². The van der Waals surface area contributed by atoms with Crippen molar-refractivity contribution in [1.29, 1.82) is 0 Å². The van der Waals surface area contributed by atoms with Crippen LogP contribution in [-0.4, -0.2) is 22.3 Å². The fourth-order valence-electron chi connectivity index (χ4n) is 2.05.